The quantitative estimate of drug-likeness (QED) is 0.635. The number of hydrogen-bond donors (Lipinski definition) is 1. The van der Waals surface area contributed by atoms with Gasteiger partial charge in [0.05, 0.1) is 18.8 Å². The molecule has 0 saturated carbocycles. The van der Waals surface area contributed by atoms with Gasteiger partial charge in [0.2, 0.25) is 0 Å². The Labute approximate surface area is 165 Å². The lowest BCUT2D eigenvalue weighted by molar-refractivity contribution is -0.124. The summed E-state index contributed by atoms with van der Waals surface area (Å²) in [5.74, 6) is 0.118. The summed E-state index contributed by atoms with van der Waals surface area (Å²) in [5.41, 5.74) is 2.67. The molecule has 1 N–H and O–H groups in total. The molecule has 28 heavy (non-hydrogen) atoms. The van der Waals surface area contributed by atoms with Gasteiger partial charge < -0.3 is 19.5 Å². The molecule has 0 atom stereocenters. The zero-order valence-corrected chi connectivity index (χ0v) is 16.6. The van der Waals surface area contributed by atoms with Crippen molar-refractivity contribution in [1.29, 1.82) is 0 Å². The monoisotopic (exact) mass is 385 g/mol. The zero-order valence-electron chi connectivity index (χ0n) is 16.6. The van der Waals surface area contributed by atoms with Gasteiger partial charge in [0.25, 0.3) is 5.91 Å². The van der Waals surface area contributed by atoms with Crippen LogP contribution in [0.1, 0.15) is 35.3 Å². The maximum Gasteiger partial charge on any atom is 0.338 e. The average molecular weight is 385 g/mol. The molecule has 6 heteroatoms. The normalized spacial score (nSPS) is 10.2. The Kier molecular flexibility index (Phi) is 8.34. The second kappa shape index (κ2) is 11.0. The molecule has 0 aliphatic heterocycles. The van der Waals surface area contributed by atoms with Crippen molar-refractivity contribution in [3.8, 4) is 11.5 Å². The lowest BCUT2D eigenvalue weighted by atomic mass is 10.1. The minimum Gasteiger partial charge on any atom is -0.490 e. The van der Waals surface area contributed by atoms with E-state index in [1.54, 1.807) is 18.2 Å². The van der Waals surface area contributed by atoms with Gasteiger partial charge in [-0.25, -0.2) is 4.79 Å². The summed E-state index contributed by atoms with van der Waals surface area (Å²) in [6.07, 6.45) is 0.725. The van der Waals surface area contributed by atoms with E-state index in [-0.39, 0.29) is 12.5 Å². The summed E-state index contributed by atoms with van der Waals surface area (Å²) in [5, 5.41) is 2.76. The summed E-state index contributed by atoms with van der Waals surface area (Å²) in [6.45, 7) is 6.85. The third kappa shape index (κ3) is 6.30. The van der Waals surface area contributed by atoms with Crippen LogP contribution in [0.15, 0.2) is 42.5 Å². The maximum atomic E-state index is 12.2. The predicted octanol–water partition coefficient (Wildman–Crippen LogP) is 3.31. The van der Waals surface area contributed by atoms with Crippen molar-refractivity contribution in [2.45, 2.75) is 27.2 Å². The van der Waals surface area contributed by atoms with E-state index in [4.69, 9.17) is 14.2 Å². The van der Waals surface area contributed by atoms with Crippen LogP contribution in [0.2, 0.25) is 0 Å². The molecular formula is C22H27NO5. The Morgan fingerprint density at radius 3 is 2.39 bits per heavy atom. The van der Waals surface area contributed by atoms with Crippen LogP contribution in [0.4, 0.5) is 0 Å². The fraction of sp³-hybridized carbons (Fsp3) is 0.364. The number of amides is 1. The second-order valence-electron chi connectivity index (χ2n) is 6.13. The molecule has 1 amide bonds. The van der Waals surface area contributed by atoms with Crippen LogP contribution < -0.4 is 14.8 Å². The summed E-state index contributed by atoms with van der Waals surface area (Å²) >= 11 is 0. The first-order valence-electron chi connectivity index (χ1n) is 9.43. The van der Waals surface area contributed by atoms with Crippen LogP contribution in [-0.4, -0.2) is 38.2 Å². The first-order valence-corrected chi connectivity index (χ1v) is 9.43. The topological polar surface area (TPSA) is 73.9 Å². The van der Waals surface area contributed by atoms with Gasteiger partial charge in [-0.05, 0) is 56.5 Å². The molecule has 2 rings (SSSR count). The number of esters is 1. The minimum atomic E-state index is -0.585. The number of ether oxygens (including phenoxy) is 3. The summed E-state index contributed by atoms with van der Waals surface area (Å²) in [4.78, 5) is 24.1. The molecular weight excluding hydrogens is 358 g/mol. The third-order valence-electron chi connectivity index (χ3n) is 4.09. The molecule has 2 aromatic carbocycles. The standard InChI is InChI=1S/C22H27NO5/c1-4-26-19-11-10-18(14-20(19)27-5-2)22(25)28-15-21(24)23-13-12-17-9-7-6-8-16(17)3/h6-11,14H,4-5,12-13,15H2,1-3H3,(H,23,24). The van der Waals surface area contributed by atoms with Crippen LogP contribution >= 0.6 is 0 Å². The van der Waals surface area contributed by atoms with Gasteiger partial charge in [-0.1, -0.05) is 24.3 Å². The smallest absolute Gasteiger partial charge is 0.338 e. The van der Waals surface area contributed by atoms with E-state index in [0.29, 0.717) is 36.8 Å². The number of aryl methyl sites for hydroxylation is 1. The highest BCUT2D eigenvalue weighted by Crippen LogP contribution is 2.28. The molecule has 6 nitrogen and oxygen atoms in total. The zero-order chi connectivity index (χ0) is 20.4. The van der Waals surface area contributed by atoms with Crippen LogP contribution in [0, 0.1) is 6.92 Å². The minimum absolute atomic E-state index is 0.305. The number of hydrogen-bond acceptors (Lipinski definition) is 5. The van der Waals surface area contributed by atoms with E-state index in [0.717, 1.165) is 6.42 Å². The molecule has 0 unspecified atom stereocenters. The van der Waals surface area contributed by atoms with Crippen molar-refractivity contribution in [2.24, 2.45) is 0 Å². The highest BCUT2D eigenvalue weighted by molar-refractivity contribution is 5.92. The largest absolute Gasteiger partial charge is 0.490 e. The van der Waals surface area contributed by atoms with Crippen LogP contribution in [-0.2, 0) is 16.0 Å². The Hall–Kier alpha value is -3.02. The molecule has 0 saturated heterocycles. The molecule has 2 aromatic rings. The van der Waals surface area contributed by atoms with E-state index in [9.17, 15) is 9.59 Å². The number of carbonyl (C=O) groups is 2. The number of carbonyl (C=O) groups excluding carboxylic acids is 2. The van der Waals surface area contributed by atoms with E-state index in [1.807, 2.05) is 45.0 Å². The summed E-state index contributed by atoms with van der Waals surface area (Å²) in [7, 11) is 0. The van der Waals surface area contributed by atoms with E-state index in [1.165, 1.54) is 11.1 Å². The van der Waals surface area contributed by atoms with E-state index < -0.39 is 5.97 Å². The predicted molar refractivity (Wildman–Crippen MR) is 107 cm³/mol. The first kappa shape index (κ1) is 21.3. The average Bonchev–Trinajstić information content (AvgIpc) is 2.69. The van der Waals surface area contributed by atoms with Gasteiger partial charge in [-0.15, -0.1) is 0 Å². The van der Waals surface area contributed by atoms with Crippen LogP contribution in [0.3, 0.4) is 0 Å². The molecule has 0 fully saturated rings. The highest BCUT2D eigenvalue weighted by Gasteiger charge is 2.14. The molecule has 0 bridgehead atoms. The van der Waals surface area contributed by atoms with Crippen molar-refractivity contribution in [1.82, 2.24) is 5.32 Å². The summed E-state index contributed by atoms with van der Waals surface area (Å²) < 4.78 is 16.1. The summed E-state index contributed by atoms with van der Waals surface area (Å²) in [6, 6.07) is 12.8. The SMILES string of the molecule is CCOc1ccc(C(=O)OCC(=O)NCCc2ccccc2C)cc1OCC. The maximum absolute atomic E-state index is 12.2. The fourth-order valence-electron chi connectivity index (χ4n) is 2.67. The van der Waals surface area contributed by atoms with Crippen molar-refractivity contribution in [2.75, 3.05) is 26.4 Å². The molecule has 0 spiro atoms. The molecule has 150 valence electrons. The van der Waals surface area contributed by atoms with Crippen molar-refractivity contribution >= 4 is 11.9 Å². The Morgan fingerprint density at radius 1 is 0.964 bits per heavy atom. The van der Waals surface area contributed by atoms with Gasteiger partial charge in [0.15, 0.2) is 18.1 Å². The van der Waals surface area contributed by atoms with E-state index >= 15 is 0 Å². The van der Waals surface area contributed by atoms with E-state index in [2.05, 4.69) is 5.32 Å². The van der Waals surface area contributed by atoms with Crippen LogP contribution in [0.25, 0.3) is 0 Å². The van der Waals surface area contributed by atoms with Crippen molar-refractivity contribution in [3.63, 3.8) is 0 Å². The lowest BCUT2D eigenvalue weighted by Crippen LogP contribution is -2.30. The molecule has 0 aliphatic carbocycles. The third-order valence-corrected chi connectivity index (χ3v) is 4.09. The Morgan fingerprint density at radius 2 is 1.68 bits per heavy atom. The van der Waals surface area contributed by atoms with Gasteiger partial charge in [-0.2, -0.15) is 0 Å². The molecule has 0 heterocycles. The highest BCUT2D eigenvalue weighted by atomic mass is 16.5. The van der Waals surface area contributed by atoms with Gasteiger partial charge >= 0.3 is 5.97 Å². The molecule has 0 radical (unpaired) electrons. The van der Waals surface area contributed by atoms with Crippen molar-refractivity contribution < 1.29 is 23.8 Å². The van der Waals surface area contributed by atoms with Gasteiger partial charge in [0, 0.05) is 6.54 Å². The van der Waals surface area contributed by atoms with Crippen molar-refractivity contribution in [3.05, 3.63) is 59.2 Å². The van der Waals surface area contributed by atoms with Crippen LogP contribution in [0.5, 0.6) is 11.5 Å². The first-order chi connectivity index (χ1) is 13.5. The Bertz CT molecular complexity index is 803. The second-order valence-corrected chi connectivity index (χ2v) is 6.13. The van der Waals surface area contributed by atoms with Gasteiger partial charge in [0.1, 0.15) is 0 Å². The van der Waals surface area contributed by atoms with Gasteiger partial charge in [-0.3, -0.25) is 4.79 Å². The number of rotatable bonds is 10. The lowest BCUT2D eigenvalue weighted by Gasteiger charge is -2.12. The molecule has 0 aliphatic rings. The number of benzene rings is 2. The fourth-order valence-corrected chi connectivity index (χ4v) is 2.67. The molecule has 0 aromatic heterocycles. The Balaban J connectivity index is 1.83. The number of nitrogens with one attached hydrogen (secondary N) is 1.